The predicted octanol–water partition coefficient (Wildman–Crippen LogP) is 3.19. The molecule has 4 aromatic heterocycles. The van der Waals surface area contributed by atoms with E-state index in [1.54, 1.807) is 0 Å². The molecule has 50 heavy (non-hydrogen) atoms. The van der Waals surface area contributed by atoms with Crippen LogP contribution in [0.15, 0.2) is 30.0 Å². The lowest BCUT2D eigenvalue weighted by molar-refractivity contribution is -0.0459. The number of nitrogens with two attached hydrogens (primary N) is 1. The average molecular weight is 776 g/mol. The van der Waals surface area contributed by atoms with E-state index in [9.17, 15) is 18.8 Å². The maximum Gasteiger partial charge on any atom is 0.389 e. The number of alkyl halides is 1. The molecule has 4 N–H and O–H groups in total. The highest BCUT2D eigenvalue weighted by atomic mass is 32.7. The highest BCUT2D eigenvalue weighted by Crippen LogP contribution is 2.62. The Kier molecular flexibility index (Phi) is 10.5. The Morgan fingerprint density at radius 3 is 2.76 bits per heavy atom. The number of ether oxygens (including phenoxy) is 2. The monoisotopic (exact) mass is 775 g/mol. The van der Waals surface area contributed by atoms with Crippen LogP contribution in [-0.2, 0) is 45.1 Å². The molecule has 3 aliphatic heterocycles. The smallest absolute Gasteiger partial charge is 0.369 e. The molecule has 8 atom stereocenters. The van der Waals surface area contributed by atoms with Crippen molar-refractivity contribution >= 4 is 65.2 Å². The number of fused-ring (bicyclic) bond motifs is 1. The Bertz CT molecular complexity index is 2030. The number of rotatable bonds is 13. The predicted molar refractivity (Wildman–Crippen MR) is 184 cm³/mol. The van der Waals surface area contributed by atoms with Crippen LogP contribution in [0.5, 0.6) is 0 Å². The Labute approximate surface area is 293 Å². The third-order valence-electron chi connectivity index (χ3n) is 8.76. The fraction of sp³-hybridized carbons (Fsp3) is 0.593. The molecule has 0 bridgehead atoms. The van der Waals surface area contributed by atoms with E-state index in [1.807, 2.05) is 10.8 Å². The van der Waals surface area contributed by atoms with Crippen LogP contribution in [0, 0.1) is 0 Å². The van der Waals surface area contributed by atoms with Crippen LogP contribution >= 0.6 is 37.2 Å². The van der Waals surface area contributed by atoms with E-state index in [0.717, 1.165) is 53.2 Å². The molecule has 23 heteroatoms. The van der Waals surface area contributed by atoms with E-state index in [0.29, 0.717) is 12.8 Å². The highest BCUT2D eigenvalue weighted by molar-refractivity contribution is 8.54. The zero-order chi connectivity index (χ0) is 35.2. The minimum atomic E-state index is -4.30. The maximum atomic E-state index is 16.1. The zero-order valence-electron chi connectivity index (χ0n) is 26.7. The second-order valence-electron chi connectivity index (χ2n) is 12.0. The maximum absolute atomic E-state index is 16.1. The van der Waals surface area contributed by atoms with Crippen LogP contribution in [-0.4, -0.2) is 95.6 Å². The minimum absolute atomic E-state index is 0.0374. The van der Waals surface area contributed by atoms with Crippen molar-refractivity contribution in [2.24, 2.45) is 5.73 Å². The van der Waals surface area contributed by atoms with Gasteiger partial charge in [0.2, 0.25) is 0 Å². The molecule has 0 aliphatic carbocycles. The van der Waals surface area contributed by atoms with Crippen molar-refractivity contribution in [1.82, 2.24) is 33.6 Å². The first-order chi connectivity index (χ1) is 24.0. The highest BCUT2D eigenvalue weighted by Gasteiger charge is 2.51. The summed E-state index contributed by atoms with van der Waals surface area (Å²) >= 11 is 4.25. The Morgan fingerprint density at radius 2 is 1.98 bits per heavy atom. The molecule has 0 saturated carbocycles. The van der Waals surface area contributed by atoms with E-state index in [-0.39, 0.29) is 37.1 Å². The molecule has 0 spiro atoms. The fourth-order valence-electron chi connectivity index (χ4n) is 6.42. The molecule has 3 aliphatic rings. The van der Waals surface area contributed by atoms with Crippen molar-refractivity contribution in [3.8, 4) is 0 Å². The van der Waals surface area contributed by atoms with Crippen LogP contribution < -0.4 is 16.6 Å². The Balaban J connectivity index is 1.09. The molecular weight excluding hydrogens is 739 g/mol. The molecule has 18 nitrogen and oxygen atoms in total. The molecule has 2 fully saturated rings. The zero-order valence-corrected chi connectivity index (χ0v) is 30.2. The fourth-order valence-corrected chi connectivity index (χ4v) is 9.14. The lowest BCUT2D eigenvalue weighted by Gasteiger charge is -2.26. The quantitative estimate of drug-likeness (QED) is 0.113. The van der Waals surface area contributed by atoms with Crippen LogP contribution in [0.3, 0.4) is 0 Å². The van der Waals surface area contributed by atoms with Gasteiger partial charge in [0, 0.05) is 25.8 Å². The molecule has 272 valence electrons. The summed E-state index contributed by atoms with van der Waals surface area (Å²) in [6, 6.07) is 0. The van der Waals surface area contributed by atoms with Gasteiger partial charge in [-0.2, -0.15) is 0 Å². The molecule has 2 unspecified atom stereocenters. The summed E-state index contributed by atoms with van der Waals surface area (Å²) in [5.41, 5.74) is 7.02. The molecule has 7 heterocycles. The van der Waals surface area contributed by atoms with Crippen LogP contribution in [0.2, 0.25) is 0 Å². The largest absolute Gasteiger partial charge is 0.389 e. The van der Waals surface area contributed by atoms with Crippen molar-refractivity contribution in [2.45, 2.75) is 69.2 Å². The van der Waals surface area contributed by atoms with Gasteiger partial charge in [0.25, 0.3) is 5.56 Å². The SMILES string of the molecule is CSP(=O)(OC[C@@H]1CC[C@H](n2cc3c4c(ncnc42)NCCC3)O1)O[C@@H]1[C@H](F)[C@@H](COP(=O)(O)S)O[C@H]1n1cnc2c(=O)n(CCN)cnc21. The summed E-state index contributed by atoms with van der Waals surface area (Å²) in [5, 5.41) is 4.33. The number of nitrogens with one attached hydrogen (secondary N) is 1. The number of nitrogens with zero attached hydrogens (tertiary/aromatic N) is 7. The van der Waals surface area contributed by atoms with E-state index in [1.165, 1.54) is 34.4 Å². The second-order valence-corrected chi connectivity index (χ2v) is 18.9. The van der Waals surface area contributed by atoms with Crippen molar-refractivity contribution in [2.75, 3.05) is 37.9 Å². The summed E-state index contributed by atoms with van der Waals surface area (Å²) in [6.45, 7) is -7.97. The van der Waals surface area contributed by atoms with Gasteiger partial charge in [-0.1, -0.05) is 12.2 Å². The molecule has 4 aromatic rings. The molecular formula is C27H36FN9O9P2S2. The normalized spacial score (nSPS) is 27.7. The first kappa shape index (κ1) is 36.0. The first-order valence-electron chi connectivity index (χ1n) is 15.8. The number of aryl methyl sites for hydroxylation is 1. The summed E-state index contributed by atoms with van der Waals surface area (Å²) < 4.78 is 75.2. The summed E-state index contributed by atoms with van der Waals surface area (Å²) in [6.07, 6.45) is 3.37. The van der Waals surface area contributed by atoms with Crippen LogP contribution in [0.25, 0.3) is 22.2 Å². The number of thiol groups is 1. The van der Waals surface area contributed by atoms with Crippen LogP contribution in [0.1, 0.15) is 37.3 Å². The third kappa shape index (κ3) is 7.15. The molecule has 7 rings (SSSR count). The van der Waals surface area contributed by atoms with Gasteiger partial charge in [0.05, 0.1) is 31.0 Å². The Morgan fingerprint density at radius 1 is 1.14 bits per heavy atom. The first-order valence-corrected chi connectivity index (χ1v) is 21.9. The van der Waals surface area contributed by atoms with Crippen molar-refractivity contribution in [1.29, 1.82) is 0 Å². The standard InChI is InChI=1S/C27H36FN9O9P2S2/c1-50-48(41,43-10-16-4-5-18(44-16)36-9-15-3-2-7-30-23-19(15)24(36)32-12-31-23)46-22-20(28)17(11-42-47(39,40)49)45-27(22)37-14-33-21-25(37)34-13-35(8-6-29)26(21)38/h9,12-14,16-18,20,22,27H,2-8,10-11,29H2,1H3,(H,30,31,32)(H2,39,40,49)/t16-,17+,18+,20+,22+,27+,48?/m0/s1. The Hall–Kier alpha value is -2.42. The molecule has 0 amide bonds. The number of hydrogen-bond acceptors (Lipinski definition) is 15. The van der Waals surface area contributed by atoms with Gasteiger partial charge in [-0.15, -0.1) is 0 Å². The number of halogens is 1. The third-order valence-corrected chi connectivity index (χ3v) is 12.9. The average Bonchev–Trinajstić information content (AvgIpc) is 3.85. The van der Waals surface area contributed by atoms with Gasteiger partial charge in [-0.3, -0.25) is 27.5 Å². The van der Waals surface area contributed by atoms with Gasteiger partial charge in [-0.05, 0) is 48.9 Å². The summed E-state index contributed by atoms with van der Waals surface area (Å²) in [7, 11) is 0. The van der Waals surface area contributed by atoms with Crippen molar-refractivity contribution in [3.63, 3.8) is 0 Å². The minimum Gasteiger partial charge on any atom is -0.369 e. The number of imidazole rings is 1. The summed E-state index contributed by atoms with van der Waals surface area (Å²) in [4.78, 5) is 39.9. The van der Waals surface area contributed by atoms with E-state index in [4.69, 9.17) is 28.8 Å². The number of hydrogen-bond donors (Lipinski definition) is 4. The van der Waals surface area contributed by atoms with E-state index in [2.05, 4.69) is 37.5 Å². The van der Waals surface area contributed by atoms with Gasteiger partial charge in [0.15, 0.2) is 23.6 Å². The molecule has 2 saturated heterocycles. The van der Waals surface area contributed by atoms with Gasteiger partial charge >= 0.3 is 13.6 Å². The number of anilines is 1. The number of aromatic nitrogens is 7. The van der Waals surface area contributed by atoms with E-state index >= 15 is 4.39 Å². The van der Waals surface area contributed by atoms with Crippen LogP contribution in [0.4, 0.5) is 10.2 Å². The lowest BCUT2D eigenvalue weighted by atomic mass is 10.1. The molecule has 0 radical (unpaired) electrons. The lowest BCUT2D eigenvalue weighted by Crippen LogP contribution is -2.32. The van der Waals surface area contributed by atoms with E-state index < -0.39 is 56.5 Å². The second kappa shape index (κ2) is 14.5. The summed E-state index contributed by atoms with van der Waals surface area (Å²) in [5.74, 6) is 0.797. The topological polar surface area (TPSA) is 222 Å². The molecule has 0 aromatic carbocycles. The van der Waals surface area contributed by atoms with Gasteiger partial charge in [-0.25, -0.2) is 33.5 Å². The van der Waals surface area contributed by atoms with Crippen molar-refractivity contribution < 1.29 is 41.5 Å². The van der Waals surface area contributed by atoms with Gasteiger partial charge < -0.3 is 30.0 Å². The van der Waals surface area contributed by atoms with Gasteiger partial charge in [0.1, 0.15) is 42.6 Å². The van der Waals surface area contributed by atoms with Crippen molar-refractivity contribution in [3.05, 3.63) is 41.1 Å².